The van der Waals surface area contributed by atoms with Crippen molar-refractivity contribution in [3.63, 3.8) is 0 Å². The first-order chi connectivity index (χ1) is 31.1. The molecule has 0 aromatic heterocycles. The van der Waals surface area contributed by atoms with Crippen molar-refractivity contribution in [2.75, 3.05) is 19.8 Å². The van der Waals surface area contributed by atoms with Crippen LogP contribution < -0.4 is 5.32 Å². The van der Waals surface area contributed by atoms with E-state index >= 15 is 0 Å². The molecule has 14 heteroatoms. The van der Waals surface area contributed by atoms with Crippen molar-refractivity contribution in [1.29, 1.82) is 0 Å². The highest BCUT2D eigenvalue weighted by atomic mass is 16.7. The monoisotopic (exact) mass is 916 g/mol. The van der Waals surface area contributed by atoms with E-state index in [0.717, 1.165) is 70.6 Å². The highest BCUT2D eigenvalue weighted by Gasteiger charge is 2.51. The van der Waals surface area contributed by atoms with Gasteiger partial charge >= 0.3 is 0 Å². The third kappa shape index (κ3) is 24.5. The Kier molecular flexibility index (Phi) is 34.3. The lowest BCUT2D eigenvalue weighted by Crippen LogP contribution is -2.65. The highest BCUT2D eigenvalue weighted by Crippen LogP contribution is 2.30. The van der Waals surface area contributed by atoms with E-state index in [2.05, 4.69) is 43.5 Å². The molecular weight excluding hydrogens is 823 g/mol. The van der Waals surface area contributed by atoms with Gasteiger partial charge in [0.2, 0.25) is 5.91 Å². The van der Waals surface area contributed by atoms with Crippen LogP contribution >= 0.6 is 0 Å². The number of allylic oxidation sites excluding steroid dienone is 4. The van der Waals surface area contributed by atoms with Crippen molar-refractivity contribution >= 4 is 5.91 Å². The molecule has 0 saturated carbocycles. The normalized spacial score (nSPS) is 27.4. The molecule has 12 unspecified atom stereocenters. The molecule has 2 heterocycles. The van der Waals surface area contributed by atoms with E-state index < -0.39 is 86.8 Å². The zero-order valence-corrected chi connectivity index (χ0v) is 39.8. The average molecular weight is 916 g/mol. The summed E-state index contributed by atoms with van der Waals surface area (Å²) in [6.45, 7) is 2.80. The summed E-state index contributed by atoms with van der Waals surface area (Å²) in [6, 6.07) is -0.833. The van der Waals surface area contributed by atoms with Crippen LogP contribution in [0.25, 0.3) is 0 Å². The van der Waals surface area contributed by atoms with Crippen molar-refractivity contribution in [2.24, 2.45) is 0 Å². The number of unbranched alkanes of at least 4 members (excludes halogenated alkanes) is 22. The summed E-state index contributed by atoms with van der Waals surface area (Å²) in [5.74, 6) is -0.221. The summed E-state index contributed by atoms with van der Waals surface area (Å²) in [6.07, 6.45) is 23.2. The van der Waals surface area contributed by atoms with E-state index in [1.54, 1.807) is 0 Å². The maximum absolute atomic E-state index is 13.2. The second-order valence-corrected chi connectivity index (χ2v) is 18.3. The number of hydrogen-bond acceptors (Lipinski definition) is 13. The van der Waals surface area contributed by atoms with E-state index in [1.807, 2.05) is 0 Å². The molecule has 0 aromatic rings. The van der Waals surface area contributed by atoms with Crippen molar-refractivity contribution < 1.29 is 64.6 Å². The van der Waals surface area contributed by atoms with Crippen LogP contribution in [0.15, 0.2) is 24.3 Å². The van der Waals surface area contributed by atoms with Crippen molar-refractivity contribution in [2.45, 2.75) is 267 Å². The molecule has 2 fully saturated rings. The Balaban J connectivity index is 1.84. The van der Waals surface area contributed by atoms with Gasteiger partial charge in [-0.1, -0.05) is 173 Å². The van der Waals surface area contributed by atoms with Gasteiger partial charge in [-0.3, -0.25) is 4.79 Å². The summed E-state index contributed by atoms with van der Waals surface area (Å²) < 4.78 is 22.7. The van der Waals surface area contributed by atoms with Gasteiger partial charge in [-0.25, -0.2) is 0 Å². The van der Waals surface area contributed by atoms with Gasteiger partial charge in [0.15, 0.2) is 12.6 Å². The number of ether oxygens (including phenoxy) is 4. The van der Waals surface area contributed by atoms with Gasteiger partial charge in [0.1, 0.15) is 48.8 Å². The lowest BCUT2D eigenvalue weighted by Gasteiger charge is -2.46. The average Bonchev–Trinajstić information content (AvgIpc) is 3.29. The van der Waals surface area contributed by atoms with E-state index in [9.17, 15) is 45.6 Å². The molecule has 0 aliphatic carbocycles. The van der Waals surface area contributed by atoms with Crippen molar-refractivity contribution in [3.05, 3.63) is 24.3 Å². The van der Waals surface area contributed by atoms with Gasteiger partial charge in [-0.15, -0.1) is 0 Å². The van der Waals surface area contributed by atoms with E-state index in [0.29, 0.717) is 12.8 Å². The number of carbonyl (C=O) groups is 1. The fraction of sp³-hybridized carbons (Fsp3) is 0.900. The van der Waals surface area contributed by atoms with Gasteiger partial charge in [-0.2, -0.15) is 0 Å². The van der Waals surface area contributed by atoms with Crippen LogP contribution in [0, 0.1) is 0 Å². The molecule has 64 heavy (non-hydrogen) atoms. The Bertz CT molecular complexity index is 1170. The molecule has 2 rings (SSSR count). The van der Waals surface area contributed by atoms with Crippen LogP contribution in [0.2, 0.25) is 0 Å². The molecule has 14 nitrogen and oxygen atoms in total. The number of hydrogen-bond donors (Lipinski definition) is 9. The highest BCUT2D eigenvalue weighted by molar-refractivity contribution is 5.76. The molecule has 9 N–H and O–H groups in total. The number of aliphatic hydroxyl groups is 8. The number of amides is 1. The van der Waals surface area contributed by atoms with Gasteiger partial charge in [0.05, 0.1) is 32.0 Å². The van der Waals surface area contributed by atoms with Crippen molar-refractivity contribution in [3.8, 4) is 0 Å². The van der Waals surface area contributed by atoms with Crippen LogP contribution in [-0.2, 0) is 23.7 Å². The van der Waals surface area contributed by atoms with Crippen molar-refractivity contribution in [1.82, 2.24) is 5.32 Å². The molecule has 0 aromatic carbocycles. The maximum atomic E-state index is 13.2. The lowest BCUT2D eigenvalue weighted by molar-refractivity contribution is -0.359. The third-order valence-corrected chi connectivity index (χ3v) is 12.7. The molecule has 1 amide bonds. The van der Waals surface area contributed by atoms with Crippen LogP contribution in [0.3, 0.4) is 0 Å². The Morgan fingerprint density at radius 3 is 1.61 bits per heavy atom. The van der Waals surface area contributed by atoms with Crippen LogP contribution in [0.4, 0.5) is 0 Å². The Hall–Kier alpha value is -1.53. The van der Waals surface area contributed by atoms with Crippen LogP contribution in [0.1, 0.15) is 194 Å². The van der Waals surface area contributed by atoms with Gasteiger partial charge < -0.3 is 65.1 Å². The number of aliphatic hydroxyl groups excluding tert-OH is 8. The second kappa shape index (κ2) is 37.5. The second-order valence-electron chi connectivity index (χ2n) is 18.3. The Morgan fingerprint density at radius 1 is 0.562 bits per heavy atom. The van der Waals surface area contributed by atoms with Crippen LogP contribution in [-0.4, -0.2) is 140 Å². The Labute approximate surface area is 386 Å². The number of nitrogens with one attached hydrogen (secondary N) is 1. The molecule has 2 aliphatic rings. The SMILES string of the molecule is CCCC/C=C\C/C=C\CCCCCCCC(=O)NC(COC1OC(CO)C(OC2OC(CO)C(O)C(O)C2O)C(O)C1O)C(O)CCCCCCCCCCCCCCCCCC. The van der Waals surface area contributed by atoms with Gasteiger partial charge in [0, 0.05) is 6.42 Å². The quantitative estimate of drug-likeness (QED) is 0.0236. The summed E-state index contributed by atoms with van der Waals surface area (Å²) in [5, 5.41) is 86.9. The van der Waals surface area contributed by atoms with E-state index in [1.165, 1.54) is 89.9 Å². The van der Waals surface area contributed by atoms with E-state index in [4.69, 9.17) is 18.9 Å². The minimum atomic E-state index is -1.78. The fourth-order valence-electron chi connectivity index (χ4n) is 8.43. The summed E-state index contributed by atoms with van der Waals surface area (Å²) in [7, 11) is 0. The lowest BCUT2D eigenvalue weighted by atomic mass is 9.97. The molecule has 0 radical (unpaired) electrons. The molecule has 0 spiro atoms. The largest absolute Gasteiger partial charge is 0.394 e. The molecule has 2 aliphatic heterocycles. The topological polar surface area (TPSA) is 228 Å². The molecule has 12 atom stereocenters. The van der Waals surface area contributed by atoms with Gasteiger partial charge in [-0.05, 0) is 38.5 Å². The molecule has 0 bridgehead atoms. The minimum absolute atomic E-state index is 0.221. The molecular formula is C50H93NO13. The summed E-state index contributed by atoms with van der Waals surface area (Å²) >= 11 is 0. The summed E-state index contributed by atoms with van der Waals surface area (Å²) in [4.78, 5) is 13.2. The molecule has 376 valence electrons. The fourth-order valence-corrected chi connectivity index (χ4v) is 8.43. The third-order valence-electron chi connectivity index (χ3n) is 12.7. The smallest absolute Gasteiger partial charge is 0.220 e. The van der Waals surface area contributed by atoms with Crippen LogP contribution in [0.5, 0.6) is 0 Å². The summed E-state index contributed by atoms with van der Waals surface area (Å²) in [5.41, 5.74) is 0. The first-order valence-electron chi connectivity index (χ1n) is 25.6. The minimum Gasteiger partial charge on any atom is -0.394 e. The first kappa shape index (κ1) is 58.6. The van der Waals surface area contributed by atoms with Gasteiger partial charge in [0.25, 0.3) is 0 Å². The van der Waals surface area contributed by atoms with E-state index in [-0.39, 0.29) is 18.9 Å². The number of rotatable bonds is 39. The zero-order valence-electron chi connectivity index (χ0n) is 39.8. The maximum Gasteiger partial charge on any atom is 0.220 e. The zero-order chi connectivity index (χ0) is 46.8. The number of carbonyl (C=O) groups excluding carboxylic acids is 1. The Morgan fingerprint density at radius 2 is 1.05 bits per heavy atom. The first-order valence-corrected chi connectivity index (χ1v) is 25.6. The predicted molar refractivity (Wildman–Crippen MR) is 249 cm³/mol. The standard InChI is InChI=1S/C50H93NO13/c1-3-5-7-9-11-13-15-17-19-20-21-23-25-27-29-31-33-39(54)38(51-42(55)34-32-30-28-26-24-22-18-16-14-12-10-8-6-4-2)37-61-49-47(60)45(58)48(41(36-53)63-49)64-50-46(59)44(57)43(56)40(35-52)62-50/h10,12,16,18,38-41,43-50,52-54,56-60H,3-9,11,13-15,17,19-37H2,1-2H3,(H,51,55)/b12-10-,18-16-. The predicted octanol–water partition coefficient (Wildman–Crippen LogP) is 6.55. The molecule has 2 saturated heterocycles.